The van der Waals surface area contributed by atoms with E-state index in [1.807, 2.05) is 12.2 Å². The third-order valence-electron chi connectivity index (χ3n) is 12.6. The molecule has 0 bridgehead atoms. The van der Waals surface area contributed by atoms with Crippen LogP contribution in [-0.2, 0) is 42.9 Å². The van der Waals surface area contributed by atoms with E-state index >= 15 is 0 Å². The summed E-state index contributed by atoms with van der Waals surface area (Å²) in [5.41, 5.74) is 0. The van der Waals surface area contributed by atoms with Crippen LogP contribution in [0.5, 0.6) is 0 Å². The smallest absolute Gasteiger partial charge is 0.335 e. The molecule has 6 unspecified atom stereocenters. The number of rotatable bonds is 49. The molecule has 1 fully saturated rings. The lowest BCUT2D eigenvalue weighted by molar-refractivity contribution is -0.301. The van der Waals surface area contributed by atoms with E-state index in [1.54, 1.807) is 0 Å². The molecule has 0 aromatic carbocycles. The summed E-state index contributed by atoms with van der Waals surface area (Å²) in [4.78, 5) is 51.2. The van der Waals surface area contributed by atoms with Crippen molar-refractivity contribution in [2.45, 2.75) is 237 Å². The largest absolute Gasteiger partial charge is 0.479 e. The Morgan fingerprint density at radius 3 is 1.17 bits per heavy atom. The normalized spacial score (nSPS) is 18.9. The lowest BCUT2D eigenvalue weighted by Gasteiger charge is -2.40. The summed E-state index contributed by atoms with van der Waals surface area (Å²) in [6.45, 7) is 5.57. The Balaban J connectivity index is 2.76. The first-order valence-corrected chi connectivity index (χ1v) is 30.5. The highest BCUT2D eigenvalue weighted by Gasteiger charge is 2.50. The molecule has 0 aromatic rings. The van der Waals surface area contributed by atoms with Crippen molar-refractivity contribution < 1.29 is 58.2 Å². The van der Waals surface area contributed by atoms with Gasteiger partial charge in [-0.2, -0.15) is 0 Å². The molecule has 12 heteroatoms. The molecule has 6 atom stereocenters. The van der Waals surface area contributed by atoms with E-state index < -0.39 is 67.3 Å². The zero-order valence-corrected chi connectivity index (χ0v) is 49.7. The Bertz CT molecular complexity index is 2010. The molecule has 1 rings (SSSR count). The first-order valence-electron chi connectivity index (χ1n) is 30.5. The number of allylic oxidation sites excluding steroid dienone is 26. The number of hydrogen-bond acceptors (Lipinski definition) is 11. The van der Waals surface area contributed by atoms with Crippen LogP contribution in [0.25, 0.3) is 0 Å². The topological polar surface area (TPSA) is 175 Å². The molecule has 3 N–H and O–H groups in total. The van der Waals surface area contributed by atoms with E-state index in [-0.39, 0.29) is 25.9 Å². The number of unbranched alkanes of at least 4 members (excludes halogenated alkanes) is 9. The van der Waals surface area contributed by atoms with Crippen LogP contribution in [0.2, 0.25) is 0 Å². The van der Waals surface area contributed by atoms with Gasteiger partial charge < -0.3 is 39.0 Å². The zero-order valence-electron chi connectivity index (χ0n) is 49.7. The highest BCUT2D eigenvalue weighted by atomic mass is 16.7. The fourth-order valence-electron chi connectivity index (χ4n) is 8.03. The average molecular weight is 1130 g/mol. The molecule has 0 spiro atoms. The molecule has 0 aliphatic carbocycles. The van der Waals surface area contributed by atoms with Crippen LogP contribution in [0.4, 0.5) is 0 Å². The van der Waals surface area contributed by atoms with Crippen LogP contribution >= 0.6 is 0 Å². The molecule has 0 radical (unpaired) electrons. The third-order valence-corrected chi connectivity index (χ3v) is 12.6. The Labute approximate surface area is 488 Å². The van der Waals surface area contributed by atoms with Crippen LogP contribution in [0, 0.1) is 0 Å². The minimum atomic E-state index is -1.94. The number of hydrogen-bond donors (Lipinski definition) is 3. The number of carboxylic acids is 1. The van der Waals surface area contributed by atoms with E-state index in [2.05, 4.69) is 167 Å². The SMILES string of the molecule is CC/C=C\C/C=C\C/C=C\C/C=C\C/C=C\CCCCCC(=O)OCC(COC1OC(C(=O)O)C(O)C(O)C1OC(=O)CCC/C=C\C/C=C\C/C=C\C/C=C\C/C=C\CC)OC(=O)CCCCCCC/C=C\C/C=C\C/C=C\CC. The lowest BCUT2D eigenvalue weighted by atomic mass is 9.98. The Morgan fingerprint density at radius 1 is 0.407 bits per heavy atom. The van der Waals surface area contributed by atoms with Crippen molar-refractivity contribution in [1.82, 2.24) is 0 Å². The van der Waals surface area contributed by atoms with Crippen molar-refractivity contribution in [2.24, 2.45) is 0 Å². The number of aliphatic hydroxyl groups is 2. The predicted octanol–water partition coefficient (Wildman–Crippen LogP) is 16.1. The summed E-state index contributed by atoms with van der Waals surface area (Å²) >= 11 is 0. The Kier molecular flexibility index (Phi) is 49.7. The number of aliphatic carboxylic acids is 1. The summed E-state index contributed by atoms with van der Waals surface area (Å²) in [7, 11) is 0. The fraction of sp³-hybridized carbons (Fsp3) is 0.565. The molecule has 1 aliphatic heterocycles. The number of carboxylic acid groups (broad SMARTS) is 1. The van der Waals surface area contributed by atoms with E-state index in [9.17, 15) is 34.5 Å². The molecule has 1 heterocycles. The quantitative estimate of drug-likeness (QED) is 0.0228. The van der Waals surface area contributed by atoms with Gasteiger partial charge in [0.05, 0.1) is 6.61 Å². The third kappa shape index (κ3) is 44.7. The minimum Gasteiger partial charge on any atom is -0.479 e. The van der Waals surface area contributed by atoms with Crippen LogP contribution < -0.4 is 0 Å². The van der Waals surface area contributed by atoms with Crippen LogP contribution in [0.1, 0.15) is 201 Å². The highest BCUT2D eigenvalue weighted by molar-refractivity contribution is 5.74. The predicted molar refractivity (Wildman–Crippen MR) is 330 cm³/mol. The maximum Gasteiger partial charge on any atom is 0.335 e. The number of aliphatic hydroxyl groups excluding tert-OH is 2. The summed E-state index contributed by atoms with van der Waals surface area (Å²) < 4.78 is 28.3. The average Bonchev–Trinajstić information content (AvgIpc) is 3.53. The van der Waals surface area contributed by atoms with Crippen LogP contribution in [0.3, 0.4) is 0 Å². The zero-order chi connectivity index (χ0) is 58.9. The van der Waals surface area contributed by atoms with Gasteiger partial charge in [-0.25, -0.2) is 4.79 Å². The second-order valence-electron chi connectivity index (χ2n) is 19.8. The summed E-state index contributed by atoms with van der Waals surface area (Å²) in [5, 5.41) is 31.5. The van der Waals surface area contributed by atoms with Gasteiger partial charge in [-0.15, -0.1) is 0 Å². The van der Waals surface area contributed by atoms with Crippen molar-refractivity contribution in [3.05, 3.63) is 158 Å². The highest BCUT2D eigenvalue weighted by Crippen LogP contribution is 2.26. The molecule has 1 aliphatic rings. The first-order chi connectivity index (χ1) is 39.6. The number of esters is 3. The second kappa shape index (κ2) is 54.9. The van der Waals surface area contributed by atoms with E-state index in [0.717, 1.165) is 135 Å². The molecule has 12 nitrogen and oxygen atoms in total. The van der Waals surface area contributed by atoms with Gasteiger partial charge in [0.15, 0.2) is 24.6 Å². The van der Waals surface area contributed by atoms with E-state index in [0.29, 0.717) is 25.7 Å². The van der Waals surface area contributed by atoms with Gasteiger partial charge in [-0.3, -0.25) is 14.4 Å². The molecular formula is C69H104O12. The monoisotopic (exact) mass is 1120 g/mol. The van der Waals surface area contributed by atoms with Gasteiger partial charge in [0.1, 0.15) is 18.8 Å². The number of carbonyl (C=O) groups excluding carboxylic acids is 3. The minimum absolute atomic E-state index is 0.0330. The van der Waals surface area contributed by atoms with Crippen molar-refractivity contribution in [2.75, 3.05) is 13.2 Å². The molecule has 81 heavy (non-hydrogen) atoms. The van der Waals surface area contributed by atoms with Gasteiger partial charge in [-0.1, -0.05) is 204 Å². The Morgan fingerprint density at radius 2 is 0.753 bits per heavy atom. The maximum absolute atomic E-state index is 13.2. The number of carbonyl (C=O) groups is 4. The van der Waals surface area contributed by atoms with Crippen LogP contribution in [-0.4, -0.2) is 89.2 Å². The van der Waals surface area contributed by atoms with Crippen molar-refractivity contribution in [1.29, 1.82) is 0 Å². The van der Waals surface area contributed by atoms with Gasteiger partial charge in [0.25, 0.3) is 0 Å². The summed E-state index contributed by atoms with van der Waals surface area (Å²) in [6, 6.07) is 0. The molecule has 0 aromatic heterocycles. The second-order valence-corrected chi connectivity index (χ2v) is 19.8. The molecule has 0 saturated carbocycles. The summed E-state index contributed by atoms with van der Waals surface area (Å²) in [5.74, 6) is -3.29. The van der Waals surface area contributed by atoms with E-state index in [1.165, 1.54) is 0 Å². The number of ether oxygens (including phenoxy) is 5. The lowest BCUT2D eigenvalue weighted by Crippen LogP contribution is -2.61. The van der Waals surface area contributed by atoms with E-state index in [4.69, 9.17) is 23.7 Å². The van der Waals surface area contributed by atoms with Gasteiger partial charge >= 0.3 is 23.9 Å². The Hall–Kier alpha value is -5.66. The van der Waals surface area contributed by atoms with Gasteiger partial charge in [-0.05, 0) is 135 Å². The van der Waals surface area contributed by atoms with Crippen molar-refractivity contribution in [3.8, 4) is 0 Å². The standard InChI is InChI=1S/C69H104O12/c1-4-7-10-13-16-19-22-25-28-30-31-33-35-37-40-43-46-49-52-55-61(70)77-58-60(79-62(71)56-53-50-47-44-41-38-34-27-24-21-18-15-12-9-6-3)59-78-69-67(65(74)64(73)66(81-69)68(75)76)80-63(72)57-54-51-48-45-42-39-36-32-29-26-23-20-17-14-11-8-5-2/h7-12,16-21,25-29,31,33-34,36-37,39-40,45,48,60,64-67,69,73-74H,4-6,13-15,22-24,30,32,35,38,41-44,46-47,49-59H2,1-3H3,(H,75,76)/b10-7-,11-8-,12-9-,19-16-,20-17-,21-18-,28-25-,29-26-,33-31-,34-27-,39-36-,40-37-,48-45-. The fourth-order valence-corrected chi connectivity index (χ4v) is 8.03. The maximum atomic E-state index is 13.2. The van der Waals surface area contributed by atoms with Gasteiger partial charge in [0.2, 0.25) is 0 Å². The van der Waals surface area contributed by atoms with Crippen molar-refractivity contribution >= 4 is 23.9 Å². The molecule has 452 valence electrons. The van der Waals surface area contributed by atoms with Gasteiger partial charge in [0, 0.05) is 19.3 Å². The van der Waals surface area contributed by atoms with Crippen molar-refractivity contribution in [3.63, 3.8) is 0 Å². The molecule has 1 saturated heterocycles. The summed E-state index contributed by atoms with van der Waals surface area (Å²) in [6.07, 6.45) is 67.8. The molecular weight excluding hydrogens is 1020 g/mol. The van der Waals surface area contributed by atoms with Crippen LogP contribution in [0.15, 0.2) is 158 Å². The first kappa shape index (κ1) is 73.4. The molecule has 0 amide bonds.